The Morgan fingerprint density at radius 2 is 1.75 bits per heavy atom. The van der Waals surface area contributed by atoms with E-state index in [9.17, 15) is 0 Å². The van der Waals surface area contributed by atoms with Crippen molar-refractivity contribution < 1.29 is 14.4 Å². The molecule has 4 rings (SSSR count). The molecule has 1 unspecified atom stereocenters. The third-order valence-electron chi connectivity index (χ3n) is 6.54. The molecule has 1 saturated carbocycles. The van der Waals surface area contributed by atoms with Crippen LogP contribution in [0.1, 0.15) is 54.8 Å². The van der Waals surface area contributed by atoms with Crippen LogP contribution in [0.15, 0.2) is 36.4 Å². The van der Waals surface area contributed by atoms with E-state index in [0.29, 0.717) is 6.04 Å². The summed E-state index contributed by atoms with van der Waals surface area (Å²) in [6, 6.07) is 13.1. The van der Waals surface area contributed by atoms with Crippen molar-refractivity contribution in [3.63, 3.8) is 0 Å². The fourth-order valence-electron chi connectivity index (χ4n) is 5.16. The molecule has 0 aromatic heterocycles. The molecule has 1 aliphatic heterocycles. The first-order chi connectivity index (χ1) is 13.7. The van der Waals surface area contributed by atoms with Crippen LogP contribution < -0.4 is 14.4 Å². The van der Waals surface area contributed by atoms with Crippen molar-refractivity contribution in [3.8, 4) is 11.5 Å². The Bertz CT molecular complexity index is 816. The van der Waals surface area contributed by atoms with Gasteiger partial charge in [-0.2, -0.15) is 0 Å². The Morgan fingerprint density at radius 3 is 2.46 bits per heavy atom. The number of fused-ring (bicyclic) bond motifs is 1. The molecule has 4 heteroatoms. The van der Waals surface area contributed by atoms with E-state index in [1.807, 2.05) is 6.07 Å². The van der Waals surface area contributed by atoms with Gasteiger partial charge in [-0.15, -0.1) is 0 Å². The normalized spacial score (nSPS) is 22.5. The van der Waals surface area contributed by atoms with E-state index < -0.39 is 0 Å². The highest BCUT2D eigenvalue weighted by Crippen LogP contribution is 2.36. The molecule has 0 spiro atoms. The van der Waals surface area contributed by atoms with Gasteiger partial charge in [0.25, 0.3) is 0 Å². The number of benzene rings is 2. The molecule has 0 saturated heterocycles. The Balaban J connectivity index is 1.74. The standard InChI is InChI=1S/C24H30ClNO2/c1-27-22-14-18-11-12-26(16-17-7-4-3-5-8-17)24(21(18)15-23(22)28-2)19-9-6-10-20(25)13-19/h6,9-10,13-15,17,24H,3-5,7-8,11-12,16H2,1-2H3/p+1/t24-/m0/s1. The highest BCUT2D eigenvalue weighted by molar-refractivity contribution is 6.30. The number of halogens is 1. The molecular weight excluding hydrogens is 370 g/mol. The summed E-state index contributed by atoms with van der Waals surface area (Å²) in [5, 5.41) is 0.808. The first-order valence-electron chi connectivity index (χ1n) is 10.5. The molecule has 1 aliphatic carbocycles. The quantitative estimate of drug-likeness (QED) is 0.800. The van der Waals surface area contributed by atoms with Gasteiger partial charge in [0.2, 0.25) is 0 Å². The van der Waals surface area contributed by atoms with E-state index >= 15 is 0 Å². The van der Waals surface area contributed by atoms with Crippen LogP contribution in [0.5, 0.6) is 11.5 Å². The van der Waals surface area contributed by atoms with Gasteiger partial charge in [-0.3, -0.25) is 0 Å². The Hall–Kier alpha value is -1.71. The molecule has 1 fully saturated rings. The molecule has 0 bridgehead atoms. The summed E-state index contributed by atoms with van der Waals surface area (Å²) in [7, 11) is 3.43. The van der Waals surface area contributed by atoms with Gasteiger partial charge < -0.3 is 14.4 Å². The molecule has 150 valence electrons. The fraction of sp³-hybridized carbons (Fsp3) is 0.500. The average Bonchev–Trinajstić information content (AvgIpc) is 2.73. The van der Waals surface area contributed by atoms with E-state index in [1.54, 1.807) is 19.1 Å². The average molecular weight is 401 g/mol. The minimum atomic E-state index is 0.296. The maximum absolute atomic E-state index is 6.38. The van der Waals surface area contributed by atoms with Crippen LogP contribution in [0.4, 0.5) is 0 Å². The third kappa shape index (κ3) is 4.01. The second-order valence-electron chi connectivity index (χ2n) is 8.26. The van der Waals surface area contributed by atoms with Crippen molar-refractivity contribution in [1.82, 2.24) is 0 Å². The lowest BCUT2D eigenvalue weighted by Crippen LogP contribution is -3.14. The van der Waals surface area contributed by atoms with Crippen LogP contribution in [0.3, 0.4) is 0 Å². The summed E-state index contributed by atoms with van der Waals surface area (Å²) in [5.41, 5.74) is 4.03. The summed E-state index contributed by atoms with van der Waals surface area (Å²) in [6.45, 7) is 2.39. The van der Waals surface area contributed by atoms with Crippen LogP contribution in [0, 0.1) is 5.92 Å². The van der Waals surface area contributed by atoms with Crippen molar-refractivity contribution >= 4 is 11.6 Å². The van der Waals surface area contributed by atoms with Crippen LogP contribution in [-0.4, -0.2) is 27.3 Å². The van der Waals surface area contributed by atoms with Gasteiger partial charge in [0, 0.05) is 28.5 Å². The van der Waals surface area contributed by atoms with Crippen molar-refractivity contribution in [2.45, 2.75) is 44.6 Å². The first kappa shape index (κ1) is 19.6. The van der Waals surface area contributed by atoms with E-state index in [0.717, 1.165) is 35.4 Å². The molecule has 0 radical (unpaired) electrons. The Labute approximate surface area is 173 Å². The zero-order valence-corrected chi connectivity index (χ0v) is 17.7. The number of methoxy groups -OCH3 is 2. The van der Waals surface area contributed by atoms with Crippen LogP contribution >= 0.6 is 11.6 Å². The molecule has 3 nitrogen and oxygen atoms in total. The molecule has 2 aliphatic rings. The summed E-state index contributed by atoms with van der Waals surface area (Å²) in [5.74, 6) is 2.47. The second kappa shape index (κ2) is 8.75. The highest BCUT2D eigenvalue weighted by atomic mass is 35.5. The zero-order valence-electron chi connectivity index (χ0n) is 17.0. The maximum Gasteiger partial charge on any atom is 0.161 e. The number of quaternary nitrogens is 1. The Kier molecular flexibility index (Phi) is 6.13. The molecule has 1 N–H and O–H groups in total. The van der Waals surface area contributed by atoms with Crippen molar-refractivity contribution in [2.24, 2.45) is 5.92 Å². The van der Waals surface area contributed by atoms with E-state index in [-0.39, 0.29) is 0 Å². The molecule has 1 heterocycles. The van der Waals surface area contributed by atoms with Crippen LogP contribution in [-0.2, 0) is 6.42 Å². The molecule has 0 amide bonds. The number of hydrogen-bond donors (Lipinski definition) is 1. The lowest BCUT2D eigenvalue weighted by atomic mass is 9.84. The van der Waals surface area contributed by atoms with Gasteiger partial charge in [-0.1, -0.05) is 43.0 Å². The minimum Gasteiger partial charge on any atom is -0.493 e. The topological polar surface area (TPSA) is 22.9 Å². The summed E-state index contributed by atoms with van der Waals surface area (Å²) in [6.07, 6.45) is 8.02. The largest absolute Gasteiger partial charge is 0.493 e. The zero-order chi connectivity index (χ0) is 19.5. The summed E-state index contributed by atoms with van der Waals surface area (Å²) < 4.78 is 11.2. The van der Waals surface area contributed by atoms with Gasteiger partial charge in [0.15, 0.2) is 11.5 Å². The lowest BCUT2D eigenvalue weighted by molar-refractivity contribution is -0.931. The van der Waals surface area contributed by atoms with Crippen molar-refractivity contribution in [3.05, 3.63) is 58.1 Å². The van der Waals surface area contributed by atoms with Gasteiger partial charge in [0.1, 0.15) is 6.04 Å². The van der Waals surface area contributed by atoms with E-state index in [2.05, 4.69) is 30.3 Å². The number of rotatable bonds is 5. The minimum absolute atomic E-state index is 0.296. The predicted molar refractivity (Wildman–Crippen MR) is 114 cm³/mol. The molecule has 2 aromatic rings. The predicted octanol–water partition coefficient (Wildman–Crippen LogP) is 4.47. The van der Waals surface area contributed by atoms with Crippen molar-refractivity contribution in [2.75, 3.05) is 27.3 Å². The second-order valence-corrected chi connectivity index (χ2v) is 8.70. The van der Waals surface area contributed by atoms with E-state index in [1.165, 1.54) is 55.3 Å². The van der Waals surface area contributed by atoms with Gasteiger partial charge >= 0.3 is 0 Å². The summed E-state index contributed by atoms with van der Waals surface area (Å²) >= 11 is 6.38. The number of hydrogen-bond acceptors (Lipinski definition) is 2. The van der Waals surface area contributed by atoms with Crippen molar-refractivity contribution in [1.29, 1.82) is 0 Å². The Morgan fingerprint density at radius 1 is 1.00 bits per heavy atom. The monoisotopic (exact) mass is 400 g/mol. The number of nitrogens with one attached hydrogen (secondary N) is 1. The SMILES string of the molecule is COc1cc2c(cc1OC)[C@H](c1cccc(Cl)c1)[NH+](CC1CCCCC1)CC2. The van der Waals surface area contributed by atoms with E-state index in [4.69, 9.17) is 21.1 Å². The molecular formula is C24H31ClNO2+. The maximum atomic E-state index is 6.38. The van der Waals surface area contributed by atoms with Gasteiger partial charge in [-0.05, 0) is 42.7 Å². The number of ether oxygens (including phenoxy) is 2. The summed E-state index contributed by atoms with van der Waals surface area (Å²) in [4.78, 5) is 1.66. The molecule has 2 atom stereocenters. The third-order valence-corrected chi connectivity index (χ3v) is 6.77. The van der Waals surface area contributed by atoms with Gasteiger partial charge in [-0.25, -0.2) is 0 Å². The van der Waals surface area contributed by atoms with Crippen LogP contribution in [0.25, 0.3) is 0 Å². The molecule has 2 aromatic carbocycles. The first-order valence-corrected chi connectivity index (χ1v) is 10.9. The van der Waals surface area contributed by atoms with Gasteiger partial charge in [0.05, 0.1) is 27.3 Å². The highest BCUT2D eigenvalue weighted by Gasteiger charge is 2.35. The smallest absolute Gasteiger partial charge is 0.161 e. The fourth-order valence-corrected chi connectivity index (χ4v) is 5.36. The lowest BCUT2D eigenvalue weighted by Gasteiger charge is -2.37. The molecule has 28 heavy (non-hydrogen) atoms. The van der Waals surface area contributed by atoms with Crippen LogP contribution in [0.2, 0.25) is 5.02 Å².